The first kappa shape index (κ1) is 12.5. The number of aliphatic hydroxyl groups is 1. The maximum absolute atomic E-state index is 12.2. The molecular formula is C12H15N7O2. The molecule has 9 nitrogen and oxygen atoms in total. The van der Waals surface area contributed by atoms with Gasteiger partial charge < -0.3 is 9.67 Å². The number of H-pyrrole nitrogens is 1. The average Bonchev–Trinajstić information content (AvgIpc) is 3.07. The Morgan fingerprint density at radius 3 is 3.14 bits per heavy atom. The Hall–Kier alpha value is -2.29. The van der Waals surface area contributed by atoms with E-state index in [9.17, 15) is 9.90 Å². The fourth-order valence-corrected chi connectivity index (χ4v) is 3.31. The Labute approximate surface area is 118 Å². The number of rotatable bonds is 3. The van der Waals surface area contributed by atoms with E-state index in [1.165, 1.54) is 4.52 Å². The van der Waals surface area contributed by atoms with E-state index in [1.54, 1.807) is 6.33 Å². The molecule has 3 aromatic heterocycles. The number of hydrogen-bond acceptors (Lipinski definition) is 6. The van der Waals surface area contributed by atoms with Gasteiger partial charge in [0, 0.05) is 18.6 Å². The van der Waals surface area contributed by atoms with E-state index in [0.29, 0.717) is 11.6 Å². The highest BCUT2D eigenvalue weighted by atomic mass is 16.3. The Bertz CT molecular complexity index is 863. The third-order valence-electron chi connectivity index (χ3n) is 4.60. The lowest BCUT2D eigenvalue weighted by atomic mass is 9.68. The predicted molar refractivity (Wildman–Crippen MR) is 72.7 cm³/mol. The molecule has 3 atom stereocenters. The van der Waals surface area contributed by atoms with Crippen LogP contribution in [0, 0.1) is 11.8 Å². The van der Waals surface area contributed by atoms with Crippen LogP contribution in [0.3, 0.4) is 0 Å². The fourth-order valence-electron chi connectivity index (χ4n) is 3.31. The van der Waals surface area contributed by atoms with Crippen molar-refractivity contribution in [3.63, 3.8) is 0 Å². The third-order valence-corrected chi connectivity index (χ3v) is 4.60. The standard InChI is InChI=1S/C12H15N7O2/c1-2-6-3-8(7(6)4-20)18-5-13-9-10(18)14-12-15-16-17-19(12)11(9)21/h5-8,20H,2-4H2,1H3,(H,14,15,17)/t6-,7+,8+/m0/s1. The van der Waals surface area contributed by atoms with Gasteiger partial charge in [-0.1, -0.05) is 18.4 Å². The number of aliphatic hydroxyl groups excluding tert-OH is 1. The third kappa shape index (κ3) is 1.57. The largest absolute Gasteiger partial charge is 0.396 e. The summed E-state index contributed by atoms with van der Waals surface area (Å²) in [6.07, 6.45) is 3.64. The lowest BCUT2D eigenvalue weighted by Gasteiger charge is -2.44. The van der Waals surface area contributed by atoms with E-state index < -0.39 is 0 Å². The summed E-state index contributed by atoms with van der Waals surface area (Å²) in [5.41, 5.74) is 0.479. The molecule has 3 heterocycles. The minimum absolute atomic E-state index is 0.131. The number of imidazole rings is 1. The first-order valence-corrected chi connectivity index (χ1v) is 7.01. The molecule has 4 rings (SSSR count). The van der Waals surface area contributed by atoms with Crippen molar-refractivity contribution in [3.8, 4) is 0 Å². The molecule has 1 aliphatic rings. The van der Waals surface area contributed by atoms with E-state index in [2.05, 4.69) is 32.4 Å². The second-order valence-electron chi connectivity index (χ2n) is 5.49. The van der Waals surface area contributed by atoms with Crippen LogP contribution in [-0.4, -0.2) is 46.3 Å². The summed E-state index contributed by atoms with van der Waals surface area (Å²) in [4.78, 5) is 20.8. The molecule has 21 heavy (non-hydrogen) atoms. The Morgan fingerprint density at radius 2 is 2.38 bits per heavy atom. The SMILES string of the molecule is CC[C@H]1C[C@@H](n2cnc3c(=O)n4[nH]nnc4nc32)[C@@H]1CO. The number of aromatic nitrogens is 7. The summed E-state index contributed by atoms with van der Waals surface area (Å²) in [6.45, 7) is 2.26. The Morgan fingerprint density at radius 1 is 1.52 bits per heavy atom. The van der Waals surface area contributed by atoms with Crippen molar-refractivity contribution in [2.75, 3.05) is 6.61 Å². The summed E-state index contributed by atoms with van der Waals surface area (Å²) >= 11 is 0. The lowest BCUT2D eigenvalue weighted by molar-refractivity contribution is 0.0258. The number of nitrogens with zero attached hydrogens (tertiary/aromatic N) is 6. The van der Waals surface area contributed by atoms with Crippen LogP contribution in [-0.2, 0) is 0 Å². The minimum atomic E-state index is -0.314. The first-order chi connectivity index (χ1) is 10.2. The molecule has 0 aliphatic heterocycles. The molecule has 0 amide bonds. The van der Waals surface area contributed by atoms with E-state index in [1.807, 2.05) is 4.57 Å². The molecule has 0 saturated heterocycles. The minimum Gasteiger partial charge on any atom is -0.396 e. The van der Waals surface area contributed by atoms with Crippen molar-refractivity contribution >= 4 is 16.9 Å². The Balaban J connectivity index is 1.87. The molecule has 1 saturated carbocycles. The molecule has 2 N–H and O–H groups in total. The zero-order valence-electron chi connectivity index (χ0n) is 11.5. The van der Waals surface area contributed by atoms with Crippen LogP contribution in [0.25, 0.3) is 16.9 Å². The maximum atomic E-state index is 12.2. The van der Waals surface area contributed by atoms with Crippen LogP contribution in [0.2, 0.25) is 0 Å². The molecule has 3 aromatic rings. The number of fused-ring (bicyclic) bond motifs is 2. The zero-order valence-corrected chi connectivity index (χ0v) is 11.5. The fraction of sp³-hybridized carbons (Fsp3) is 0.583. The molecule has 1 aliphatic carbocycles. The van der Waals surface area contributed by atoms with E-state index in [0.717, 1.165) is 12.8 Å². The van der Waals surface area contributed by atoms with Gasteiger partial charge in [-0.3, -0.25) is 4.79 Å². The van der Waals surface area contributed by atoms with E-state index in [4.69, 9.17) is 0 Å². The highest BCUT2D eigenvalue weighted by molar-refractivity contribution is 5.71. The van der Waals surface area contributed by atoms with Crippen molar-refractivity contribution in [2.45, 2.75) is 25.8 Å². The molecule has 0 radical (unpaired) electrons. The second kappa shape index (κ2) is 4.35. The van der Waals surface area contributed by atoms with Crippen LogP contribution in [0.1, 0.15) is 25.8 Å². The predicted octanol–water partition coefficient (Wildman–Crippen LogP) is -0.258. The van der Waals surface area contributed by atoms with Gasteiger partial charge in [0.2, 0.25) is 0 Å². The molecule has 1 fully saturated rings. The van der Waals surface area contributed by atoms with Gasteiger partial charge in [0.1, 0.15) is 0 Å². The van der Waals surface area contributed by atoms with Crippen molar-refractivity contribution in [1.29, 1.82) is 0 Å². The molecule has 0 unspecified atom stereocenters. The van der Waals surface area contributed by atoms with E-state index in [-0.39, 0.29) is 35.4 Å². The summed E-state index contributed by atoms with van der Waals surface area (Å²) in [5.74, 6) is 0.917. The van der Waals surface area contributed by atoms with Gasteiger partial charge in [-0.2, -0.15) is 14.7 Å². The van der Waals surface area contributed by atoms with Gasteiger partial charge in [0.05, 0.1) is 6.33 Å². The van der Waals surface area contributed by atoms with Gasteiger partial charge >= 0.3 is 5.56 Å². The van der Waals surface area contributed by atoms with Crippen LogP contribution < -0.4 is 5.56 Å². The van der Waals surface area contributed by atoms with Crippen LogP contribution in [0.5, 0.6) is 0 Å². The molecule has 0 spiro atoms. The summed E-state index contributed by atoms with van der Waals surface area (Å²) in [7, 11) is 0. The van der Waals surface area contributed by atoms with Gasteiger partial charge in [-0.25, -0.2) is 4.98 Å². The van der Waals surface area contributed by atoms with Crippen LogP contribution in [0.4, 0.5) is 0 Å². The van der Waals surface area contributed by atoms with Gasteiger partial charge in [0.25, 0.3) is 5.78 Å². The topological polar surface area (TPSA) is 114 Å². The monoisotopic (exact) mass is 289 g/mol. The summed E-state index contributed by atoms with van der Waals surface area (Å²) in [6, 6.07) is 0.131. The molecular weight excluding hydrogens is 274 g/mol. The molecule has 9 heteroatoms. The summed E-state index contributed by atoms with van der Waals surface area (Å²) in [5, 5.41) is 19.4. The van der Waals surface area contributed by atoms with Crippen molar-refractivity contribution in [1.82, 2.24) is 34.6 Å². The Kier molecular flexibility index (Phi) is 2.58. The first-order valence-electron chi connectivity index (χ1n) is 7.01. The van der Waals surface area contributed by atoms with Crippen molar-refractivity contribution in [3.05, 3.63) is 16.7 Å². The van der Waals surface area contributed by atoms with Crippen LogP contribution in [0.15, 0.2) is 11.1 Å². The highest BCUT2D eigenvalue weighted by Crippen LogP contribution is 2.46. The van der Waals surface area contributed by atoms with Crippen molar-refractivity contribution < 1.29 is 5.11 Å². The zero-order chi connectivity index (χ0) is 14.6. The number of tetrazole rings is 1. The number of hydrogen-bond donors (Lipinski definition) is 2. The number of aromatic amines is 1. The lowest BCUT2D eigenvalue weighted by Crippen LogP contribution is -2.40. The molecule has 0 aromatic carbocycles. The normalized spacial score (nSPS) is 25.5. The van der Waals surface area contributed by atoms with E-state index >= 15 is 0 Å². The quantitative estimate of drug-likeness (QED) is 0.686. The molecule has 110 valence electrons. The highest BCUT2D eigenvalue weighted by Gasteiger charge is 2.41. The summed E-state index contributed by atoms with van der Waals surface area (Å²) < 4.78 is 3.05. The smallest absolute Gasteiger partial charge is 0.303 e. The van der Waals surface area contributed by atoms with Crippen LogP contribution >= 0.6 is 0 Å². The van der Waals surface area contributed by atoms with Crippen molar-refractivity contribution in [2.24, 2.45) is 11.8 Å². The van der Waals surface area contributed by atoms with Gasteiger partial charge in [0.15, 0.2) is 11.2 Å². The number of nitrogens with one attached hydrogen (secondary N) is 1. The van der Waals surface area contributed by atoms with Gasteiger partial charge in [-0.05, 0) is 17.6 Å². The average molecular weight is 289 g/mol. The van der Waals surface area contributed by atoms with Gasteiger partial charge in [-0.15, -0.1) is 0 Å². The second-order valence-corrected chi connectivity index (χ2v) is 5.49. The molecule has 0 bridgehead atoms. The maximum Gasteiger partial charge on any atom is 0.303 e.